The van der Waals surface area contributed by atoms with Crippen LogP contribution in [0.25, 0.3) is 0 Å². The number of alkyl halides is 4. The number of anilines is 1. The lowest BCUT2D eigenvalue weighted by Gasteiger charge is -2.15. The molecule has 0 aliphatic carbocycles. The molecule has 0 saturated heterocycles. The van der Waals surface area contributed by atoms with E-state index in [-0.39, 0.29) is 12.2 Å². The van der Waals surface area contributed by atoms with Gasteiger partial charge in [0.1, 0.15) is 23.2 Å². The molecule has 1 aromatic carbocycles. The largest absolute Gasteiger partial charge is 0.322 e. The molecule has 1 N–H and O–H groups in total. The maximum atomic E-state index is 13.3. The molecule has 2 aromatic heterocycles. The molecule has 2 heterocycles. The molecule has 0 saturated carbocycles. The van der Waals surface area contributed by atoms with E-state index < -0.39 is 47.0 Å². The third-order valence-electron chi connectivity index (χ3n) is 4.21. The molecule has 3 rings (SSSR count). The van der Waals surface area contributed by atoms with E-state index in [0.717, 1.165) is 0 Å². The highest BCUT2D eigenvalue weighted by molar-refractivity contribution is 6.32. The Kier molecular flexibility index (Phi) is 6.40. The minimum absolute atomic E-state index is 0.227. The summed E-state index contributed by atoms with van der Waals surface area (Å²) in [6.45, 7) is 1.45. The Balaban J connectivity index is 1.75. The highest BCUT2D eigenvalue weighted by Crippen LogP contribution is 2.36. The van der Waals surface area contributed by atoms with E-state index in [1.54, 1.807) is 12.1 Å². The molecule has 0 aliphatic rings. The molecule has 0 fully saturated rings. The standard InChI is InChI=1S/C18H15ClF5N5O/c1-9(29-15(17(23)24)13(19)14(27-29)16(21)22)18(30)26-12-6-25-28(8-12)7-10-3-2-4-11(20)5-10/h2-6,8-9,16-17H,7H2,1H3,(H,26,30). The number of hydrogen-bond donors (Lipinski definition) is 1. The molecule has 0 aliphatic heterocycles. The van der Waals surface area contributed by atoms with Crippen LogP contribution in [0.15, 0.2) is 36.7 Å². The second-order valence-electron chi connectivity index (χ2n) is 6.35. The summed E-state index contributed by atoms with van der Waals surface area (Å²) in [7, 11) is 0. The third kappa shape index (κ3) is 4.61. The Labute approximate surface area is 172 Å². The number of nitrogens with zero attached hydrogens (tertiary/aromatic N) is 4. The second kappa shape index (κ2) is 8.82. The molecule has 0 bridgehead atoms. The zero-order valence-corrected chi connectivity index (χ0v) is 16.1. The molecular formula is C18H15ClF5N5O. The number of rotatable bonds is 7. The Hall–Kier alpha value is -2.95. The van der Waals surface area contributed by atoms with E-state index in [1.165, 1.54) is 36.1 Å². The van der Waals surface area contributed by atoms with Gasteiger partial charge in [-0.05, 0) is 24.6 Å². The van der Waals surface area contributed by atoms with Crippen LogP contribution in [-0.2, 0) is 11.3 Å². The van der Waals surface area contributed by atoms with E-state index in [9.17, 15) is 26.7 Å². The predicted molar refractivity (Wildman–Crippen MR) is 98.2 cm³/mol. The average molecular weight is 448 g/mol. The van der Waals surface area contributed by atoms with E-state index in [4.69, 9.17) is 11.6 Å². The molecule has 6 nitrogen and oxygen atoms in total. The Morgan fingerprint density at radius 3 is 2.60 bits per heavy atom. The SMILES string of the molecule is CC(C(=O)Nc1cnn(Cc2cccc(F)c2)c1)n1nc(C(F)F)c(Cl)c1C(F)F. The normalized spacial score (nSPS) is 12.6. The van der Waals surface area contributed by atoms with Crippen molar-refractivity contribution in [1.29, 1.82) is 0 Å². The molecule has 160 valence electrons. The van der Waals surface area contributed by atoms with Crippen LogP contribution in [0.4, 0.5) is 27.6 Å². The van der Waals surface area contributed by atoms with Gasteiger partial charge in [-0.1, -0.05) is 23.7 Å². The molecule has 3 aromatic rings. The lowest BCUT2D eigenvalue weighted by atomic mass is 10.2. The Morgan fingerprint density at radius 1 is 1.23 bits per heavy atom. The van der Waals surface area contributed by atoms with Gasteiger partial charge in [-0.15, -0.1) is 0 Å². The minimum Gasteiger partial charge on any atom is -0.322 e. The van der Waals surface area contributed by atoms with Gasteiger partial charge in [0.25, 0.3) is 12.9 Å². The van der Waals surface area contributed by atoms with Gasteiger partial charge in [0, 0.05) is 6.20 Å². The van der Waals surface area contributed by atoms with Crippen molar-refractivity contribution in [3.8, 4) is 0 Å². The van der Waals surface area contributed by atoms with E-state index in [1.807, 2.05) is 0 Å². The monoisotopic (exact) mass is 447 g/mol. The first-order chi connectivity index (χ1) is 14.2. The van der Waals surface area contributed by atoms with Gasteiger partial charge in [0.15, 0.2) is 0 Å². The van der Waals surface area contributed by atoms with Gasteiger partial charge in [-0.25, -0.2) is 26.6 Å². The third-order valence-corrected chi connectivity index (χ3v) is 4.59. The quantitative estimate of drug-likeness (QED) is 0.519. The number of nitrogens with one attached hydrogen (secondary N) is 1. The zero-order chi connectivity index (χ0) is 22.0. The van der Waals surface area contributed by atoms with Crippen LogP contribution in [0.2, 0.25) is 5.02 Å². The summed E-state index contributed by atoms with van der Waals surface area (Å²) in [4.78, 5) is 12.5. The van der Waals surface area contributed by atoms with E-state index in [0.29, 0.717) is 10.2 Å². The minimum atomic E-state index is -3.21. The van der Waals surface area contributed by atoms with Crippen molar-refractivity contribution in [2.24, 2.45) is 0 Å². The molecule has 1 unspecified atom stereocenters. The maximum Gasteiger partial charge on any atom is 0.283 e. The molecule has 30 heavy (non-hydrogen) atoms. The van der Waals surface area contributed by atoms with Crippen LogP contribution < -0.4 is 5.32 Å². The van der Waals surface area contributed by atoms with Crippen molar-refractivity contribution < 1.29 is 26.7 Å². The van der Waals surface area contributed by atoms with Gasteiger partial charge in [-0.3, -0.25) is 9.48 Å². The smallest absolute Gasteiger partial charge is 0.283 e. The van der Waals surface area contributed by atoms with Gasteiger partial charge in [0.05, 0.1) is 23.5 Å². The Morgan fingerprint density at radius 2 is 1.97 bits per heavy atom. The maximum absolute atomic E-state index is 13.3. The van der Waals surface area contributed by atoms with Crippen LogP contribution in [0.1, 0.15) is 42.8 Å². The predicted octanol–water partition coefficient (Wildman–Crippen LogP) is 5.00. The molecule has 1 amide bonds. The molecular weight excluding hydrogens is 433 g/mol. The number of carbonyl (C=O) groups is 1. The zero-order valence-electron chi connectivity index (χ0n) is 15.4. The number of amides is 1. The Bertz CT molecular complexity index is 1050. The van der Waals surface area contributed by atoms with Crippen LogP contribution in [0.3, 0.4) is 0 Å². The first-order valence-electron chi connectivity index (χ1n) is 8.59. The number of benzene rings is 1. The van der Waals surface area contributed by atoms with Crippen molar-refractivity contribution in [3.63, 3.8) is 0 Å². The summed E-state index contributed by atoms with van der Waals surface area (Å²) in [5, 5.41) is 9.01. The van der Waals surface area contributed by atoms with Crippen LogP contribution in [0, 0.1) is 5.82 Å². The van der Waals surface area contributed by atoms with Crippen molar-refractivity contribution in [1.82, 2.24) is 19.6 Å². The van der Waals surface area contributed by atoms with Crippen molar-refractivity contribution >= 4 is 23.2 Å². The summed E-state index contributed by atoms with van der Waals surface area (Å²) >= 11 is 5.60. The van der Waals surface area contributed by atoms with Crippen LogP contribution >= 0.6 is 11.6 Å². The molecule has 0 spiro atoms. The summed E-state index contributed by atoms with van der Waals surface area (Å²) in [6.07, 6.45) is -3.63. The fourth-order valence-electron chi connectivity index (χ4n) is 2.77. The first-order valence-corrected chi connectivity index (χ1v) is 8.97. The summed E-state index contributed by atoms with van der Waals surface area (Å²) < 4.78 is 67.7. The fourth-order valence-corrected chi connectivity index (χ4v) is 3.06. The number of hydrogen-bond acceptors (Lipinski definition) is 3. The molecule has 1 atom stereocenters. The summed E-state index contributed by atoms with van der Waals surface area (Å²) in [5.74, 6) is -1.19. The topological polar surface area (TPSA) is 64.7 Å². The highest BCUT2D eigenvalue weighted by atomic mass is 35.5. The van der Waals surface area contributed by atoms with Crippen molar-refractivity contribution in [3.05, 3.63) is 64.5 Å². The number of carbonyl (C=O) groups excluding carboxylic acids is 1. The lowest BCUT2D eigenvalue weighted by molar-refractivity contribution is -0.119. The second-order valence-corrected chi connectivity index (χ2v) is 6.73. The van der Waals surface area contributed by atoms with Gasteiger partial charge in [0.2, 0.25) is 5.91 Å². The van der Waals surface area contributed by atoms with Crippen molar-refractivity contribution in [2.75, 3.05) is 5.32 Å². The summed E-state index contributed by atoms with van der Waals surface area (Å²) in [6, 6.07) is 4.51. The molecule has 12 heteroatoms. The van der Waals surface area contributed by atoms with Crippen molar-refractivity contribution in [2.45, 2.75) is 32.4 Å². The highest BCUT2D eigenvalue weighted by Gasteiger charge is 2.31. The average Bonchev–Trinajstić information content (AvgIpc) is 3.25. The number of aromatic nitrogens is 4. The van der Waals surface area contributed by atoms with Crippen LogP contribution in [-0.4, -0.2) is 25.5 Å². The van der Waals surface area contributed by atoms with Gasteiger partial charge in [-0.2, -0.15) is 10.2 Å². The van der Waals surface area contributed by atoms with Gasteiger partial charge < -0.3 is 5.32 Å². The van der Waals surface area contributed by atoms with E-state index >= 15 is 0 Å². The lowest BCUT2D eigenvalue weighted by Crippen LogP contribution is -2.26. The van der Waals surface area contributed by atoms with Gasteiger partial charge >= 0.3 is 0 Å². The van der Waals surface area contributed by atoms with Crippen LogP contribution in [0.5, 0.6) is 0 Å². The van der Waals surface area contributed by atoms with E-state index in [2.05, 4.69) is 15.5 Å². The molecule has 0 radical (unpaired) electrons. The fraction of sp³-hybridized carbons (Fsp3) is 0.278. The summed E-state index contributed by atoms with van der Waals surface area (Å²) in [5.41, 5.74) is -1.11. The number of halogens is 6. The first kappa shape index (κ1) is 21.8.